The zero-order chi connectivity index (χ0) is 19.8. The zero-order valence-electron chi connectivity index (χ0n) is 15.5. The molecule has 2 rings (SSSR count). The molecule has 0 bridgehead atoms. The summed E-state index contributed by atoms with van der Waals surface area (Å²) in [6.45, 7) is 4.63. The number of carbonyl (C=O) groups is 1. The molecular weight excluding hydrogens is 484 g/mol. The number of hydrogen-bond acceptors (Lipinski definition) is 2. The normalized spacial score (nSPS) is 10.8. The number of anilines is 1. The van der Waals surface area contributed by atoms with E-state index in [1.165, 1.54) is 0 Å². The van der Waals surface area contributed by atoms with Crippen molar-refractivity contribution in [2.75, 3.05) is 18.4 Å². The van der Waals surface area contributed by atoms with Gasteiger partial charge in [0, 0.05) is 6.54 Å². The number of carbonyl (C=O) groups excluding carboxylic acids is 1. The first-order valence-electron chi connectivity index (χ1n) is 8.42. The monoisotopic (exact) mass is 506 g/mol. The van der Waals surface area contributed by atoms with Crippen molar-refractivity contribution in [2.24, 2.45) is 4.99 Å². The van der Waals surface area contributed by atoms with Gasteiger partial charge in [-0.15, -0.1) is 24.0 Å². The highest BCUT2D eigenvalue weighted by Crippen LogP contribution is 2.19. The third-order valence-corrected chi connectivity index (χ3v) is 3.74. The quantitative estimate of drug-likeness (QED) is 0.242. The van der Waals surface area contributed by atoms with Gasteiger partial charge in [0.15, 0.2) is 23.4 Å². The molecule has 0 aromatic heterocycles. The number of amides is 1. The average molecular weight is 506 g/mol. The number of aryl methyl sites for hydroxylation is 1. The van der Waals surface area contributed by atoms with Gasteiger partial charge in [0.1, 0.15) is 0 Å². The largest absolute Gasteiger partial charge is 0.357 e. The van der Waals surface area contributed by atoms with Gasteiger partial charge in [0.05, 0.1) is 18.8 Å². The average Bonchev–Trinajstić information content (AvgIpc) is 2.65. The lowest BCUT2D eigenvalue weighted by Gasteiger charge is -2.12. The summed E-state index contributed by atoms with van der Waals surface area (Å²) in [5, 5.41) is 8.00. The molecule has 0 saturated carbocycles. The molecule has 3 N–H and O–H groups in total. The van der Waals surface area contributed by atoms with Crippen molar-refractivity contribution in [3.8, 4) is 0 Å². The number of nitrogens with zero attached hydrogens (tertiary/aromatic N) is 1. The van der Waals surface area contributed by atoms with Crippen molar-refractivity contribution in [3.05, 3.63) is 65.0 Å². The Bertz CT molecular complexity index is 846. The number of nitrogens with one attached hydrogen (secondary N) is 3. The van der Waals surface area contributed by atoms with Crippen LogP contribution in [0.15, 0.2) is 41.4 Å². The van der Waals surface area contributed by atoms with Crippen molar-refractivity contribution < 1.29 is 18.0 Å². The van der Waals surface area contributed by atoms with Crippen LogP contribution in [-0.4, -0.2) is 25.0 Å². The number of guanidine groups is 1. The number of rotatable bonds is 6. The minimum atomic E-state index is -1.63. The van der Waals surface area contributed by atoms with Gasteiger partial charge in [-0.05, 0) is 37.1 Å². The molecule has 0 aliphatic carbocycles. The van der Waals surface area contributed by atoms with E-state index in [1.54, 1.807) is 0 Å². The van der Waals surface area contributed by atoms with E-state index in [0.717, 1.165) is 23.3 Å². The van der Waals surface area contributed by atoms with E-state index in [9.17, 15) is 18.0 Å². The summed E-state index contributed by atoms with van der Waals surface area (Å²) in [7, 11) is 0. The van der Waals surface area contributed by atoms with Gasteiger partial charge in [-0.25, -0.2) is 18.2 Å². The molecule has 0 saturated heterocycles. The summed E-state index contributed by atoms with van der Waals surface area (Å²) < 4.78 is 39.7. The molecule has 2 aromatic carbocycles. The van der Waals surface area contributed by atoms with Crippen LogP contribution in [-0.2, 0) is 11.3 Å². The second kappa shape index (κ2) is 11.5. The van der Waals surface area contributed by atoms with Gasteiger partial charge in [0.2, 0.25) is 5.91 Å². The first-order chi connectivity index (χ1) is 12.9. The molecule has 2 aromatic rings. The summed E-state index contributed by atoms with van der Waals surface area (Å²) in [5.74, 6) is -4.61. The van der Waals surface area contributed by atoms with Crippen LogP contribution < -0.4 is 16.0 Å². The molecule has 0 atom stereocenters. The summed E-state index contributed by atoms with van der Waals surface area (Å²) in [5.41, 5.74) is 1.72. The van der Waals surface area contributed by atoms with Gasteiger partial charge in [-0.3, -0.25) is 4.79 Å². The maximum absolute atomic E-state index is 13.6. The zero-order valence-corrected chi connectivity index (χ0v) is 17.8. The van der Waals surface area contributed by atoms with Crippen molar-refractivity contribution in [1.82, 2.24) is 10.6 Å². The lowest BCUT2D eigenvalue weighted by atomic mass is 10.1. The first kappa shape index (κ1) is 23.7. The van der Waals surface area contributed by atoms with E-state index in [2.05, 4.69) is 20.9 Å². The fourth-order valence-corrected chi connectivity index (χ4v) is 2.27. The molecule has 0 radical (unpaired) electrons. The molecule has 1 amide bonds. The van der Waals surface area contributed by atoms with E-state index in [-0.39, 0.29) is 30.5 Å². The van der Waals surface area contributed by atoms with Crippen LogP contribution in [0.4, 0.5) is 18.9 Å². The highest BCUT2D eigenvalue weighted by atomic mass is 127. The van der Waals surface area contributed by atoms with Crippen molar-refractivity contribution in [2.45, 2.75) is 20.4 Å². The molecule has 0 fully saturated rings. The molecule has 0 spiro atoms. The minimum absolute atomic E-state index is 0. The first-order valence-corrected chi connectivity index (χ1v) is 8.42. The predicted octanol–water partition coefficient (Wildman–Crippen LogP) is 3.72. The molecule has 0 aliphatic heterocycles. The number of aliphatic imine (C=N–C) groups is 1. The molecule has 0 unspecified atom stereocenters. The van der Waals surface area contributed by atoms with Gasteiger partial charge < -0.3 is 16.0 Å². The predicted molar refractivity (Wildman–Crippen MR) is 114 cm³/mol. The van der Waals surface area contributed by atoms with Crippen LogP contribution in [0, 0.1) is 24.4 Å². The van der Waals surface area contributed by atoms with Crippen LogP contribution in [0.3, 0.4) is 0 Å². The highest BCUT2D eigenvalue weighted by Gasteiger charge is 2.15. The SMILES string of the molecule is CCNC(=NCc1ccccc1C)NCC(=O)Nc1ccc(F)c(F)c1F.I. The Morgan fingerprint density at radius 3 is 2.43 bits per heavy atom. The van der Waals surface area contributed by atoms with Gasteiger partial charge >= 0.3 is 0 Å². The maximum atomic E-state index is 13.6. The Morgan fingerprint density at radius 2 is 1.75 bits per heavy atom. The molecule has 0 aliphatic rings. The smallest absolute Gasteiger partial charge is 0.243 e. The molecule has 5 nitrogen and oxygen atoms in total. The Balaban J connectivity index is 0.00000392. The lowest BCUT2D eigenvalue weighted by molar-refractivity contribution is -0.115. The number of halogens is 4. The molecule has 0 heterocycles. The fraction of sp³-hybridized carbons (Fsp3) is 0.263. The van der Waals surface area contributed by atoms with Gasteiger partial charge in [0.25, 0.3) is 0 Å². The van der Waals surface area contributed by atoms with Gasteiger partial charge in [-0.2, -0.15) is 0 Å². The van der Waals surface area contributed by atoms with Crippen molar-refractivity contribution >= 4 is 41.5 Å². The Hall–Kier alpha value is -2.30. The van der Waals surface area contributed by atoms with E-state index in [1.807, 2.05) is 38.1 Å². The summed E-state index contributed by atoms with van der Waals surface area (Å²) >= 11 is 0. The topological polar surface area (TPSA) is 65.5 Å². The number of benzene rings is 2. The van der Waals surface area contributed by atoms with Crippen LogP contribution in [0.5, 0.6) is 0 Å². The molecule has 28 heavy (non-hydrogen) atoms. The van der Waals surface area contributed by atoms with Crippen LogP contribution >= 0.6 is 24.0 Å². The van der Waals surface area contributed by atoms with E-state index >= 15 is 0 Å². The summed E-state index contributed by atoms with van der Waals surface area (Å²) in [4.78, 5) is 16.4. The van der Waals surface area contributed by atoms with Crippen LogP contribution in [0.1, 0.15) is 18.1 Å². The Kier molecular flexibility index (Phi) is 9.77. The minimum Gasteiger partial charge on any atom is -0.357 e. The van der Waals surface area contributed by atoms with Crippen molar-refractivity contribution in [3.63, 3.8) is 0 Å². The van der Waals surface area contributed by atoms with Gasteiger partial charge in [-0.1, -0.05) is 24.3 Å². The second-order valence-corrected chi connectivity index (χ2v) is 5.75. The second-order valence-electron chi connectivity index (χ2n) is 5.75. The lowest BCUT2D eigenvalue weighted by Crippen LogP contribution is -2.41. The third kappa shape index (κ3) is 6.70. The maximum Gasteiger partial charge on any atom is 0.243 e. The Morgan fingerprint density at radius 1 is 1.04 bits per heavy atom. The summed E-state index contributed by atoms with van der Waals surface area (Å²) in [6.07, 6.45) is 0. The highest BCUT2D eigenvalue weighted by molar-refractivity contribution is 14.0. The van der Waals surface area contributed by atoms with Crippen LogP contribution in [0.25, 0.3) is 0 Å². The number of hydrogen-bond donors (Lipinski definition) is 3. The molecule has 152 valence electrons. The van der Waals surface area contributed by atoms with E-state index < -0.39 is 29.0 Å². The standard InChI is InChI=1S/C19H21F3N4O.HI/c1-3-23-19(24-10-13-7-5-4-6-12(13)2)25-11-16(27)26-15-9-8-14(20)17(21)18(15)22;/h4-9H,3,10-11H2,1-2H3,(H,26,27)(H2,23,24,25);1H. The third-order valence-electron chi connectivity index (χ3n) is 3.74. The molecular formula is C19H22F3IN4O. The van der Waals surface area contributed by atoms with Crippen LogP contribution in [0.2, 0.25) is 0 Å². The molecule has 9 heteroatoms. The van der Waals surface area contributed by atoms with E-state index in [0.29, 0.717) is 19.0 Å². The fourth-order valence-electron chi connectivity index (χ4n) is 2.27. The Labute approximate surface area is 178 Å². The van der Waals surface area contributed by atoms with Crippen molar-refractivity contribution in [1.29, 1.82) is 0 Å². The summed E-state index contributed by atoms with van der Waals surface area (Å²) in [6, 6.07) is 9.50. The van der Waals surface area contributed by atoms with E-state index in [4.69, 9.17) is 0 Å².